The van der Waals surface area contributed by atoms with Gasteiger partial charge in [-0.25, -0.2) is 0 Å². The lowest BCUT2D eigenvalue weighted by atomic mass is 9.72. The fourth-order valence-corrected chi connectivity index (χ4v) is 8.23. The van der Waals surface area contributed by atoms with Gasteiger partial charge in [-0.3, -0.25) is 9.48 Å². The summed E-state index contributed by atoms with van der Waals surface area (Å²) in [7, 11) is 10.8. The fraction of sp³-hybridized carbons (Fsp3) is 0.720. The molecule has 1 rings (SSSR count). The van der Waals surface area contributed by atoms with E-state index in [-0.39, 0.29) is 29.4 Å². The maximum absolute atomic E-state index is 6.95. The molecule has 0 aromatic heterocycles. The molecule has 0 amide bonds. The molecule has 32 heavy (non-hydrogen) atoms. The van der Waals surface area contributed by atoms with E-state index in [4.69, 9.17) is 4.43 Å². The van der Waals surface area contributed by atoms with Gasteiger partial charge in [0.05, 0.1) is 33.9 Å². The number of hydrogen-bond donors (Lipinski definition) is 0. The van der Waals surface area contributed by atoms with Crippen LogP contribution >= 0.6 is 22.6 Å². The van der Waals surface area contributed by atoms with E-state index in [1.165, 1.54) is 45.5 Å². The summed E-state index contributed by atoms with van der Waals surface area (Å²) in [5.41, 5.74) is 3.86. The van der Waals surface area contributed by atoms with Gasteiger partial charge in [-0.15, -0.1) is 0 Å². The monoisotopic (exact) mass is 687 g/mol. The minimum absolute atomic E-state index is 0. The highest BCUT2D eigenvalue weighted by atomic mass is 127. The molecule has 0 aliphatic heterocycles. The average molecular weight is 688 g/mol. The zero-order chi connectivity index (χ0) is 24.4. The molecule has 1 aliphatic carbocycles. The van der Waals surface area contributed by atoms with Crippen LogP contribution in [0.4, 0.5) is 0 Å². The van der Waals surface area contributed by atoms with Gasteiger partial charge in [0.15, 0.2) is 8.32 Å². The van der Waals surface area contributed by atoms with Crippen LogP contribution in [-0.2, 0) is 4.43 Å². The smallest absolute Gasteiger partial charge is 0.286 e. The second-order valence-electron chi connectivity index (χ2n) is 11.3. The van der Waals surface area contributed by atoms with Crippen molar-refractivity contribution in [3.63, 3.8) is 0 Å². The maximum atomic E-state index is 6.95. The molecule has 0 saturated heterocycles. The SMILES string of the molecule is CC1=C(/C=C/C(C)(O[Si](C)(C)C)/C(=C(\I)C(N(C)C)=[N+](C)C)N(C)C)C(C)(C)CCC1.[I-]. The Labute approximate surface area is 230 Å². The van der Waals surface area contributed by atoms with Crippen LogP contribution in [0.5, 0.6) is 0 Å². The number of halogens is 2. The Morgan fingerprint density at radius 1 is 1.12 bits per heavy atom. The van der Waals surface area contributed by atoms with Crippen molar-refractivity contribution < 1.29 is 33.0 Å². The van der Waals surface area contributed by atoms with E-state index in [1.807, 2.05) is 0 Å². The first-order chi connectivity index (χ1) is 13.9. The highest BCUT2D eigenvalue weighted by Gasteiger charge is 2.39. The van der Waals surface area contributed by atoms with Crippen molar-refractivity contribution in [2.75, 3.05) is 42.3 Å². The lowest BCUT2D eigenvalue weighted by Crippen LogP contribution is -3.00. The summed E-state index contributed by atoms with van der Waals surface area (Å²) in [6, 6.07) is 0. The Morgan fingerprint density at radius 3 is 2.03 bits per heavy atom. The Bertz CT molecular complexity index is 785. The lowest BCUT2D eigenvalue weighted by Gasteiger charge is -2.40. The van der Waals surface area contributed by atoms with Gasteiger partial charge in [0.1, 0.15) is 9.18 Å². The number of rotatable bonds is 7. The maximum Gasteiger partial charge on any atom is 0.286 e. The molecule has 186 valence electrons. The highest BCUT2D eigenvalue weighted by Crippen LogP contribution is 2.42. The van der Waals surface area contributed by atoms with E-state index in [0.717, 1.165) is 0 Å². The van der Waals surface area contributed by atoms with E-state index in [9.17, 15) is 0 Å². The number of amidine groups is 1. The fourth-order valence-electron chi connectivity index (χ4n) is 4.81. The third kappa shape index (κ3) is 8.41. The van der Waals surface area contributed by atoms with Crippen molar-refractivity contribution in [3.05, 3.63) is 32.6 Å². The first-order valence-electron chi connectivity index (χ1n) is 11.3. The third-order valence-corrected chi connectivity index (χ3v) is 7.83. The van der Waals surface area contributed by atoms with Gasteiger partial charge in [0.2, 0.25) is 0 Å². The van der Waals surface area contributed by atoms with Crippen LogP contribution in [0.15, 0.2) is 32.6 Å². The molecule has 0 spiro atoms. The second kappa shape index (κ2) is 12.2. The van der Waals surface area contributed by atoms with Gasteiger partial charge in [0, 0.05) is 14.1 Å². The van der Waals surface area contributed by atoms with Crippen LogP contribution in [0.3, 0.4) is 0 Å². The van der Waals surface area contributed by atoms with Gasteiger partial charge in [0.25, 0.3) is 5.84 Å². The molecular formula is C25H47I2N3OSi. The summed E-state index contributed by atoms with van der Waals surface area (Å²) < 4.78 is 10.3. The van der Waals surface area contributed by atoms with Crippen molar-refractivity contribution in [3.8, 4) is 0 Å². The van der Waals surface area contributed by atoms with Gasteiger partial charge < -0.3 is 33.3 Å². The molecule has 0 saturated carbocycles. The predicted octanol–water partition coefficient (Wildman–Crippen LogP) is 3.12. The Morgan fingerprint density at radius 2 is 1.66 bits per heavy atom. The van der Waals surface area contributed by atoms with Crippen LogP contribution in [0, 0.1) is 5.41 Å². The molecule has 0 heterocycles. The molecule has 0 aromatic rings. The number of allylic oxidation sites excluding steroid dienone is 3. The van der Waals surface area contributed by atoms with Gasteiger partial charge >= 0.3 is 0 Å². The summed E-state index contributed by atoms with van der Waals surface area (Å²) in [4.78, 5) is 4.41. The Kier molecular flexibility index (Phi) is 12.2. The summed E-state index contributed by atoms with van der Waals surface area (Å²) in [5.74, 6) is 1.18. The molecule has 0 aromatic carbocycles. The van der Waals surface area contributed by atoms with Crippen LogP contribution in [0.25, 0.3) is 0 Å². The minimum Gasteiger partial charge on any atom is -1.00 e. The largest absolute Gasteiger partial charge is 1.00 e. The van der Waals surface area contributed by atoms with Crippen molar-refractivity contribution in [1.29, 1.82) is 0 Å². The van der Waals surface area contributed by atoms with Crippen LogP contribution < -0.4 is 24.0 Å². The van der Waals surface area contributed by atoms with Crippen molar-refractivity contribution in [2.45, 2.75) is 72.2 Å². The number of nitrogens with zero attached hydrogens (tertiary/aromatic N) is 3. The van der Waals surface area contributed by atoms with E-state index >= 15 is 0 Å². The second-order valence-corrected chi connectivity index (χ2v) is 16.8. The molecular weight excluding hydrogens is 640 g/mol. The Balaban J connectivity index is 0.00000961. The quantitative estimate of drug-likeness (QED) is 0.135. The first kappa shape index (κ1) is 32.1. The van der Waals surface area contributed by atoms with Crippen molar-refractivity contribution in [1.82, 2.24) is 9.80 Å². The van der Waals surface area contributed by atoms with E-state index in [2.05, 4.69) is 139 Å². The summed E-state index contributed by atoms with van der Waals surface area (Å²) in [5, 5.41) is 0. The Hall–Kier alpha value is 0.127. The molecule has 0 radical (unpaired) electrons. The van der Waals surface area contributed by atoms with Crippen LogP contribution in [0.2, 0.25) is 19.6 Å². The zero-order valence-corrected chi connectivity index (χ0v) is 28.1. The lowest BCUT2D eigenvalue weighted by molar-refractivity contribution is -0.468. The van der Waals surface area contributed by atoms with E-state index in [1.54, 1.807) is 0 Å². The molecule has 1 unspecified atom stereocenters. The molecule has 1 aliphatic rings. The molecule has 7 heteroatoms. The van der Waals surface area contributed by atoms with Crippen LogP contribution in [-0.4, -0.2) is 76.4 Å². The van der Waals surface area contributed by atoms with Gasteiger partial charge in [-0.1, -0.05) is 25.5 Å². The molecule has 4 nitrogen and oxygen atoms in total. The van der Waals surface area contributed by atoms with E-state index in [0.29, 0.717) is 0 Å². The number of hydrogen-bond acceptors (Lipinski definition) is 2. The molecule has 0 fully saturated rings. The van der Waals surface area contributed by atoms with Crippen molar-refractivity contribution >= 4 is 36.7 Å². The normalized spacial score (nSPS) is 19.2. The average Bonchev–Trinajstić information content (AvgIpc) is 2.50. The molecule has 0 N–H and O–H groups in total. The van der Waals surface area contributed by atoms with Gasteiger partial charge in [-0.2, -0.15) is 0 Å². The predicted molar refractivity (Wildman–Crippen MR) is 148 cm³/mol. The minimum atomic E-state index is -1.84. The molecule has 1 atom stereocenters. The standard InChI is InChI=1S/C25H47IN3OSi.HI/c1-19-15-14-17-24(2,3)20(19)16-18-25(4,30-31(11,12)13)22(27(5)6)21(26)23(28(7)8)29(9)10;/h16,18H,14-15,17H2,1-13H3;1H/q+1;/p-1/b18-16+;. The number of likely N-dealkylation sites (N-methyl/N-ethyl adjacent to an activating group) is 2. The summed E-state index contributed by atoms with van der Waals surface area (Å²) in [6.07, 6.45) is 8.41. The molecule has 0 bridgehead atoms. The first-order valence-corrected chi connectivity index (χ1v) is 15.8. The topological polar surface area (TPSA) is 18.7 Å². The third-order valence-electron chi connectivity index (χ3n) is 5.80. The van der Waals surface area contributed by atoms with Crippen LogP contribution in [0.1, 0.15) is 47.0 Å². The highest BCUT2D eigenvalue weighted by molar-refractivity contribution is 14.1. The van der Waals surface area contributed by atoms with E-state index < -0.39 is 13.9 Å². The zero-order valence-electron chi connectivity index (χ0n) is 22.8. The summed E-state index contributed by atoms with van der Waals surface area (Å²) in [6.45, 7) is 16.1. The summed E-state index contributed by atoms with van der Waals surface area (Å²) >= 11 is 2.50. The van der Waals surface area contributed by atoms with Crippen molar-refractivity contribution in [2.24, 2.45) is 5.41 Å². The van der Waals surface area contributed by atoms with Gasteiger partial charge in [-0.05, 0) is 92.4 Å².